The van der Waals surface area contributed by atoms with Crippen molar-refractivity contribution in [3.05, 3.63) is 35.4 Å². The average molecular weight is 319 g/mol. The summed E-state index contributed by atoms with van der Waals surface area (Å²) in [7, 11) is 0. The van der Waals surface area contributed by atoms with Crippen LogP contribution in [0, 0.1) is 6.92 Å². The standard InChI is InChI=1S/C22H40N/c1-5-8-9-10-12-19-23(6-2,7-3)20-13-11-14-22-17-15-21(4)16-18-22/h15-18H,5-14,19-20H2,1-4H3/q+1. The van der Waals surface area contributed by atoms with E-state index in [9.17, 15) is 0 Å². The molecule has 0 aromatic heterocycles. The van der Waals surface area contributed by atoms with Crippen LogP contribution in [0.25, 0.3) is 0 Å². The zero-order valence-electron chi connectivity index (χ0n) is 16.2. The van der Waals surface area contributed by atoms with Gasteiger partial charge in [0.15, 0.2) is 0 Å². The lowest BCUT2D eigenvalue weighted by molar-refractivity contribution is -0.925. The zero-order valence-corrected chi connectivity index (χ0v) is 16.2. The number of nitrogens with zero attached hydrogens (tertiary/aromatic N) is 1. The summed E-state index contributed by atoms with van der Waals surface area (Å²) in [6.45, 7) is 14.6. The molecule has 1 aromatic rings. The first-order valence-electron chi connectivity index (χ1n) is 10.1. The van der Waals surface area contributed by atoms with Crippen LogP contribution >= 0.6 is 0 Å². The van der Waals surface area contributed by atoms with E-state index in [1.807, 2.05) is 0 Å². The van der Waals surface area contributed by atoms with E-state index >= 15 is 0 Å². The van der Waals surface area contributed by atoms with Gasteiger partial charge in [0, 0.05) is 0 Å². The van der Waals surface area contributed by atoms with E-state index in [0.29, 0.717) is 0 Å². The van der Waals surface area contributed by atoms with Gasteiger partial charge in [0.05, 0.1) is 26.2 Å². The summed E-state index contributed by atoms with van der Waals surface area (Å²) in [4.78, 5) is 0. The normalized spacial score (nSPS) is 11.8. The summed E-state index contributed by atoms with van der Waals surface area (Å²) in [5.74, 6) is 0. The number of rotatable bonds is 13. The molecule has 0 atom stereocenters. The first-order chi connectivity index (χ1) is 11.2. The Balaban J connectivity index is 2.29. The van der Waals surface area contributed by atoms with Gasteiger partial charge in [-0.1, -0.05) is 56.0 Å². The Labute approximate surface area is 145 Å². The van der Waals surface area contributed by atoms with Gasteiger partial charge >= 0.3 is 0 Å². The van der Waals surface area contributed by atoms with Crippen molar-refractivity contribution >= 4 is 0 Å². The number of aryl methyl sites for hydroxylation is 2. The number of hydrogen-bond donors (Lipinski definition) is 0. The van der Waals surface area contributed by atoms with Crippen molar-refractivity contribution in [3.8, 4) is 0 Å². The molecule has 0 unspecified atom stereocenters. The van der Waals surface area contributed by atoms with Gasteiger partial charge in [-0.05, 0) is 58.4 Å². The van der Waals surface area contributed by atoms with E-state index < -0.39 is 0 Å². The van der Waals surface area contributed by atoms with Crippen molar-refractivity contribution in [1.29, 1.82) is 0 Å². The first kappa shape index (κ1) is 20.2. The van der Waals surface area contributed by atoms with E-state index in [2.05, 4.69) is 52.0 Å². The summed E-state index contributed by atoms with van der Waals surface area (Å²) < 4.78 is 1.33. The molecule has 0 fully saturated rings. The van der Waals surface area contributed by atoms with Crippen molar-refractivity contribution in [2.75, 3.05) is 26.2 Å². The molecule has 1 rings (SSSR count). The van der Waals surface area contributed by atoms with Crippen LogP contribution in [-0.2, 0) is 6.42 Å². The van der Waals surface area contributed by atoms with E-state index in [1.54, 1.807) is 0 Å². The van der Waals surface area contributed by atoms with Crippen molar-refractivity contribution in [1.82, 2.24) is 0 Å². The van der Waals surface area contributed by atoms with Crippen LogP contribution in [0.15, 0.2) is 24.3 Å². The molecule has 0 aliphatic rings. The zero-order chi connectivity index (χ0) is 17.0. The Morgan fingerprint density at radius 1 is 0.696 bits per heavy atom. The van der Waals surface area contributed by atoms with Gasteiger partial charge in [0.1, 0.15) is 0 Å². The van der Waals surface area contributed by atoms with Crippen molar-refractivity contribution < 1.29 is 4.48 Å². The van der Waals surface area contributed by atoms with Crippen LogP contribution < -0.4 is 0 Å². The van der Waals surface area contributed by atoms with Crippen LogP contribution in [0.4, 0.5) is 0 Å². The molecule has 0 N–H and O–H groups in total. The molecule has 0 bridgehead atoms. The predicted molar refractivity (Wildman–Crippen MR) is 104 cm³/mol. The summed E-state index contributed by atoms with van der Waals surface area (Å²) in [6.07, 6.45) is 11.0. The second kappa shape index (κ2) is 11.7. The van der Waals surface area contributed by atoms with E-state index in [4.69, 9.17) is 0 Å². The topological polar surface area (TPSA) is 0 Å². The van der Waals surface area contributed by atoms with E-state index in [-0.39, 0.29) is 0 Å². The van der Waals surface area contributed by atoms with Gasteiger partial charge in [-0.2, -0.15) is 0 Å². The van der Waals surface area contributed by atoms with Gasteiger partial charge in [0.2, 0.25) is 0 Å². The molecule has 0 heterocycles. The highest BCUT2D eigenvalue weighted by molar-refractivity contribution is 5.21. The summed E-state index contributed by atoms with van der Waals surface area (Å²) in [5, 5.41) is 0. The molecule has 0 aliphatic heterocycles. The lowest BCUT2D eigenvalue weighted by Gasteiger charge is -2.37. The third-order valence-corrected chi connectivity index (χ3v) is 5.55. The minimum absolute atomic E-state index is 1.24. The highest BCUT2D eigenvalue weighted by Crippen LogP contribution is 2.15. The molecule has 132 valence electrons. The molecule has 0 amide bonds. The molecule has 0 aliphatic carbocycles. The van der Waals surface area contributed by atoms with Crippen LogP contribution in [-0.4, -0.2) is 30.7 Å². The molecule has 1 aromatic carbocycles. The third-order valence-electron chi connectivity index (χ3n) is 5.55. The van der Waals surface area contributed by atoms with Crippen LogP contribution in [0.5, 0.6) is 0 Å². The summed E-state index contributed by atoms with van der Waals surface area (Å²) in [6, 6.07) is 9.07. The number of benzene rings is 1. The first-order valence-corrected chi connectivity index (χ1v) is 10.1. The monoisotopic (exact) mass is 318 g/mol. The molecular weight excluding hydrogens is 278 g/mol. The van der Waals surface area contributed by atoms with Crippen LogP contribution in [0.3, 0.4) is 0 Å². The summed E-state index contributed by atoms with van der Waals surface area (Å²) >= 11 is 0. The Hall–Kier alpha value is -0.820. The number of unbranched alkanes of at least 4 members (excludes halogenated alkanes) is 5. The van der Waals surface area contributed by atoms with Crippen LogP contribution in [0.2, 0.25) is 0 Å². The Kier molecular flexibility index (Phi) is 10.3. The highest BCUT2D eigenvalue weighted by Gasteiger charge is 2.21. The largest absolute Gasteiger partial charge is 0.324 e. The summed E-state index contributed by atoms with van der Waals surface area (Å²) in [5.41, 5.74) is 2.87. The molecule has 0 radical (unpaired) electrons. The van der Waals surface area contributed by atoms with Crippen LogP contribution in [0.1, 0.15) is 76.8 Å². The average Bonchev–Trinajstić information content (AvgIpc) is 2.58. The minimum atomic E-state index is 1.24. The maximum atomic E-state index is 2.38. The van der Waals surface area contributed by atoms with Gasteiger partial charge < -0.3 is 4.48 Å². The minimum Gasteiger partial charge on any atom is -0.324 e. The maximum absolute atomic E-state index is 2.38. The fraction of sp³-hybridized carbons (Fsp3) is 0.727. The lowest BCUT2D eigenvalue weighted by atomic mass is 10.1. The SMILES string of the molecule is CCCCCCC[N+](CC)(CC)CCCCc1ccc(C)cc1. The maximum Gasteiger partial charge on any atom is 0.0786 e. The molecule has 23 heavy (non-hydrogen) atoms. The second-order valence-electron chi connectivity index (χ2n) is 7.28. The van der Waals surface area contributed by atoms with Gasteiger partial charge in [-0.15, -0.1) is 0 Å². The van der Waals surface area contributed by atoms with Crippen molar-refractivity contribution in [3.63, 3.8) is 0 Å². The Morgan fingerprint density at radius 2 is 1.26 bits per heavy atom. The quantitative estimate of drug-likeness (QED) is 0.302. The number of hydrogen-bond acceptors (Lipinski definition) is 0. The molecule has 1 nitrogen and oxygen atoms in total. The molecular formula is C22H40N+. The Bertz CT molecular complexity index is 389. The number of quaternary nitrogens is 1. The molecule has 1 heteroatoms. The van der Waals surface area contributed by atoms with E-state index in [0.717, 1.165) is 0 Å². The fourth-order valence-corrected chi connectivity index (χ4v) is 3.55. The second-order valence-corrected chi connectivity index (χ2v) is 7.28. The molecule has 0 saturated carbocycles. The predicted octanol–water partition coefficient (Wildman–Crippen LogP) is 6.14. The molecule has 0 saturated heterocycles. The van der Waals surface area contributed by atoms with Crippen molar-refractivity contribution in [2.45, 2.75) is 79.1 Å². The van der Waals surface area contributed by atoms with E-state index in [1.165, 1.54) is 93.2 Å². The van der Waals surface area contributed by atoms with Crippen molar-refractivity contribution in [2.24, 2.45) is 0 Å². The lowest BCUT2D eigenvalue weighted by Crippen LogP contribution is -2.49. The fourth-order valence-electron chi connectivity index (χ4n) is 3.55. The van der Waals surface area contributed by atoms with Gasteiger partial charge in [-0.25, -0.2) is 0 Å². The Morgan fingerprint density at radius 3 is 1.83 bits per heavy atom. The molecule has 0 spiro atoms. The van der Waals surface area contributed by atoms with Gasteiger partial charge in [-0.3, -0.25) is 0 Å². The third kappa shape index (κ3) is 8.01. The smallest absolute Gasteiger partial charge is 0.0786 e. The van der Waals surface area contributed by atoms with Gasteiger partial charge in [0.25, 0.3) is 0 Å². The highest BCUT2D eigenvalue weighted by atomic mass is 15.3.